The summed E-state index contributed by atoms with van der Waals surface area (Å²) in [5.74, 6) is 0.509. The SMILES string of the molecule is C=Cc1cn(C(C)C)c2ncnc(N)c12. The molecular formula is C11H14N4. The number of rotatable bonds is 2. The smallest absolute Gasteiger partial charge is 0.146 e. The largest absolute Gasteiger partial charge is 0.383 e. The van der Waals surface area contributed by atoms with E-state index in [0.717, 1.165) is 16.6 Å². The maximum atomic E-state index is 5.83. The Labute approximate surface area is 88.4 Å². The van der Waals surface area contributed by atoms with Crippen LogP contribution >= 0.6 is 0 Å². The second kappa shape index (κ2) is 3.38. The average Bonchev–Trinajstić information content (AvgIpc) is 2.58. The summed E-state index contributed by atoms with van der Waals surface area (Å²) in [6, 6.07) is 0.343. The molecule has 0 saturated heterocycles. The zero-order valence-corrected chi connectivity index (χ0v) is 8.94. The lowest BCUT2D eigenvalue weighted by Gasteiger charge is -2.07. The summed E-state index contributed by atoms with van der Waals surface area (Å²) in [5.41, 5.74) is 7.68. The van der Waals surface area contributed by atoms with E-state index in [0.29, 0.717) is 11.9 Å². The van der Waals surface area contributed by atoms with Crippen molar-refractivity contribution in [3.63, 3.8) is 0 Å². The fourth-order valence-electron chi connectivity index (χ4n) is 1.69. The van der Waals surface area contributed by atoms with Crippen molar-refractivity contribution in [3.8, 4) is 0 Å². The summed E-state index contributed by atoms with van der Waals surface area (Å²) in [6.45, 7) is 7.97. The Balaban J connectivity index is 2.87. The number of nitrogens with two attached hydrogens (primary N) is 1. The zero-order valence-electron chi connectivity index (χ0n) is 8.94. The van der Waals surface area contributed by atoms with Crippen LogP contribution in [0, 0.1) is 0 Å². The third-order valence-corrected chi connectivity index (χ3v) is 2.44. The molecule has 2 rings (SSSR count). The third-order valence-electron chi connectivity index (χ3n) is 2.44. The van der Waals surface area contributed by atoms with Crippen molar-refractivity contribution in [1.82, 2.24) is 14.5 Å². The zero-order chi connectivity index (χ0) is 11.0. The number of hydrogen-bond donors (Lipinski definition) is 1. The van der Waals surface area contributed by atoms with Gasteiger partial charge in [-0.25, -0.2) is 9.97 Å². The Morgan fingerprint density at radius 1 is 1.47 bits per heavy atom. The van der Waals surface area contributed by atoms with Crippen LogP contribution in [-0.4, -0.2) is 14.5 Å². The van der Waals surface area contributed by atoms with Crippen LogP contribution in [0.15, 0.2) is 19.1 Å². The van der Waals surface area contributed by atoms with Crippen LogP contribution in [0.5, 0.6) is 0 Å². The summed E-state index contributed by atoms with van der Waals surface area (Å²) >= 11 is 0. The van der Waals surface area contributed by atoms with E-state index in [9.17, 15) is 0 Å². The minimum atomic E-state index is 0.343. The second-order valence-corrected chi connectivity index (χ2v) is 3.75. The lowest BCUT2D eigenvalue weighted by Crippen LogP contribution is -2.00. The molecule has 2 aromatic rings. The molecule has 78 valence electrons. The van der Waals surface area contributed by atoms with Crippen LogP contribution in [-0.2, 0) is 0 Å². The Hall–Kier alpha value is -1.84. The Morgan fingerprint density at radius 3 is 2.80 bits per heavy atom. The van der Waals surface area contributed by atoms with Crippen LogP contribution in [0.4, 0.5) is 5.82 Å². The van der Waals surface area contributed by atoms with Crippen molar-refractivity contribution in [2.45, 2.75) is 19.9 Å². The molecule has 2 heterocycles. The molecule has 15 heavy (non-hydrogen) atoms. The van der Waals surface area contributed by atoms with E-state index in [2.05, 4.69) is 35.0 Å². The van der Waals surface area contributed by atoms with Crippen molar-refractivity contribution >= 4 is 22.9 Å². The molecule has 0 amide bonds. The first-order chi connectivity index (χ1) is 7.15. The van der Waals surface area contributed by atoms with Gasteiger partial charge in [0.05, 0.1) is 5.39 Å². The summed E-state index contributed by atoms with van der Waals surface area (Å²) in [6.07, 6.45) is 5.28. The standard InChI is InChI=1S/C11H14N4/c1-4-8-5-15(7(2)3)11-9(8)10(12)13-6-14-11/h4-7H,1H2,2-3H3,(H2,12,13,14). The lowest BCUT2D eigenvalue weighted by atomic mass is 10.2. The van der Waals surface area contributed by atoms with Crippen LogP contribution in [0.1, 0.15) is 25.5 Å². The number of hydrogen-bond acceptors (Lipinski definition) is 3. The maximum Gasteiger partial charge on any atom is 0.146 e. The fraction of sp³-hybridized carbons (Fsp3) is 0.273. The Bertz CT molecular complexity index is 511. The van der Waals surface area contributed by atoms with Gasteiger partial charge in [-0.1, -0.05) is 12.7 Å². The molecule has 0 bridgehead atoms. The molecule has 0 aliphatic heterocycles. The highest BCUT2D eigenvalue weighted by Gasteiger charge is 2.12. The minimum Gasteiger partial charge on any atom is -0.383 e. The van der Waals surface area contributed by atoms with Gasteiger partial charge in [-0.05, 0) is 13.8 Å². The molecule has 2 aromatic heterocycles. The van der Waals surface area contributed by atoms with Gasteiger partial charge in [-0.2, -0.15) is 0 Å². The molecular weight excluding hydrogens is 188 g/mol. The van der Waals surface area contributed by atoms with E-state index < -0.39 is 0 Å². The summed E-state index contributed by atoms with van der Waals surface area (Å²) in [5, 5.41) is 0.890. The van der Waals surface area contributed by atoms with Gasteiger partial charge in [0.15, 0.2) is 0 Å². The van der Waals surface area contributed by atoms with Crippen LogP contribution in [0.25, 0.3) is 17.1 Å². The summed E-state index contributed by atoms with van der Waals surface area (Å²) in [7, 11) is 0. The minimum absolute atomic E-state index is 0.343. The third kappa shape index (κ3) is 1.38. The molecule has 0 saturated carbocycles. The van der Waals surface area contributed by atoms with Gasteiger partial charge in [0, 0.05) is 17.8 Å². The molecule has 2 N–H and O–H groups in total. The van der Waals surface area contributed by atoms with Gasteiger partial charge in [0.2, 0.25) is 0 Å². The highest BCUT2D eigenvalue weighted by Crippen LogP contribution is 2.26. The predicted molar refractivity (Wildman–Crippen MR) is 62.4 cm³/mol. The molecule has 4 nitrogen and oxygen atoms in total. The second-order valence-electron chi connectivity index (χ2n) is 3.75. The van der Waals surface area contributed by atoms with E-state index in [4.69, 9.17) is 5.73 Å². The van der Waals surface area contributed by atoms with Crippen molar-refractivity contribution in [3.05, 3.63) is 24.7 Å². The van der Waals surface area contributed by atoms with Gasteiger partial charge in [0.25, 0.3) is 0 Å². The highest BCUT2D eigenvalue weighted by molar-refractivity contribution is 5.94. The first-order valence-electron chi connectivity index (χ1n) is 4.88. The summed E-state index contributed by atoms with van der Waals surface area (Å²) in [4.78, 5) is 8.25. The summed E-state index contributed by atoms with van der Waals surface area (Å²) < 4.78 is 2.07. The van der Waals surface area contributed by atoms with Gasteiger partial charge >= 0.3 is 0 Å². The normalized spacial score (nSPS) is 11.1. The van der Waals surface area contributed by atoms with Gasteiger partial charge in [-0.3, -0.25) is 0 Å². The fourth-order valence-corrected chi connectivity index (χ4v) is 1.69. The molecule has 0 spiro atoms. The lowest BCUT2D eigenvalue weighted by molar-refractivity contribution is 0.617. The van der Waals surface area contributed by atoms with E-state index >= 15 is 0 Å². The van der Waals surface area contributed by atoms with E-state index in [1.165, 1.54) is 6.33 Å². The molecule has 0 atom stereocenters. The van der Waals surface area contributed by atoms with Gasteiger partial charge < -0.3 is 10.3 Å². The van der Waals surface area contributed by atoms with E-state index in [-0.39, 0.29) is 0 Å². The maximum absolute atomic E-state index is 5.83. The molecule has 0 aromatic carbocycles. The quantitative estimate of drug-likeness (QED) is 0.812. The highest BCUT2D eigenvalue weighted by atomic mass is 15.1. The predicted octanol–water partition coefficient (Wildman–Crippen LogP) is 2.24. The molecule has 0 radical (unpaired) electrons. The first-order valence-corrected chi connectivity index (χ1v) is 4.88. The monoisotopic (exact) mass is 202 g/mol. The van der Waals surface area contributed by atoms with E-state index in [1.54, 1.807) is 6.08 Å². The molecule has 0 fully saturated rings. The Morgan fingerprint density at radius 2 is 2.20 bits per heavy atom. The van der Waals surface area contributed by atoms with Gasteiger partial charge in [0.1, 0.15) is 17.8 Å². The molecule has 0 unspecified atom stereocenters. The van der Waals surface area contributed by atoms with Crippen LogP contribution < -0.4 is 5.73 Å². The Kier molecular flexibility index (Phi) is 2.19. The van der Waals surface area contributed by atoms with E-state index in [1.807, 2.05) is 6.20 Å². The first kappa shape index (κ1) is 9.71. The number of nitrogens with zero attached hydrogens (tertiary/aromatic N) is 3. The molecule has 4 heteroatoms. The number of fused-ring (bicyclic) bond motifs is 1. The molecule has 0 aliphatic rings. The molecule has 0 aliphatic carbocycles. The number of nitrogen functional groups attached to an aromatic ring is 1. The number of aromatic nitrogens is 3. The van der Waals surface area contributed by atoms with Crippen molar-refractivity contribution < 1.29 is 0 Å². The number of anilines is 1. The van der Waals surface area contributed by atoms with Gasteiger partial charge in [-0.15, -0.1) is 0 Å². The van der Waals surface area contributed by atoms with Crippen molar-refractivity contribution in [2.75, 3.05) is 5.73 Å². The van der Waals surface area contributed by atoms with Crippen molar-refractivity contribution in [2.24, 2.45) is 0 Å². The average molecular weight is 202 g/mol. The van der Waals surface area contributed by atoms with Crippen molar-refractivity contribution in [1.29, 1.82) is 0 Å². The topological polar surface area (TPSA) is 56.7 Å². The van der Waals surface area contributed by atoms with Crippen LogP contribution in [0.2, 0.25) is 0 Å². The van der Waals surface area contributed by atoms with Crippen LogP contribution in [0.3, 0.4) is 0 Å².